The molecule has 0 spiro atoms. The molecule has 0 heterocycles. The molecule has 0 atom stereocenters. The van der Waals surface area contributed by atoms with Gasteiger partial charge in [-0.2, -0.15) is 0 Å². The van der Waals surface area contributed by atoms with Crippen LogP contribution >= 0.6 is 15.9 Å². The van der Waals surface area contributed by atoms with Crippen molar-refractivity contribution in [1.82, 2.24) is 0 Å². The van der Waals surface area contributed by atoms with Gasteiger partial charge >= 0.3 is 0 Å². The minimum Gasteiger partial charge on any atom is -0.326 e. The number of benzene rings is 2. The quantitative estimate of drug-likeness (QED) is 0.899. The first-order chi connectivity index (χ1) is 9.51. The zero-order valence-electron chi connectivity index (χ0n) is 10.9. The van der Waals surface area contributed by atoms with E-state index in [0.717, 1.165) is 5.56 Å². The Morgan fingerprint density at radius 2 is 1.95 bits per heavy atom. The molecule has 0 aliphatic rings. The van der Waals surface area contributed by atoms with Gasteiger partial charge in [0.1, 0.15) is 5.82 Å². The first-order valence-electron chi connectivity index (χ1n) is 6.07. The van der Waals surface area contributed by atoms with E-state index in [0.29, 0.717) is 27.8 Å². The van der Waals surface area contributed by atoms with Crippen LogP contribution in [0.25, 0.3) is 0 Å². The molecule has 0 bridgehead atoms. The van der Waals surface area contributed by atoms with Gasteiger partial charge < -0.3 is 11.1 Å². The second-order valence-corrected chi connectivity index (χ2v) is 5.29. The fraction of sp³-hybridized carbons (Fsp3) is 0.133. The monoisotopic (exact) mass is 336 g/mol. The number of carbonyl (C=O) groups is 1. The lowest BCUT2D eigenvalue weighted by Gasteiger charge is -2.10. The summed E-state index contributed by atoms with van der Waals surface area (Å²) in [6.45, 7) is 2.18. The summed E-state index contributed by atoms with van der Waals surface area (Å²) in [4.78, 5) is 12.1. The average molecular weight is 337 g/mol. The summed E-state index contributed by atoms with van der Waals surface area (Å²) >= 11 is 3.11. The van der Waals surface area contributed by atoms with Crippen LogP contribution in [0.15, 0.2) is 40.9 Å². The van der Waals surface area contributed by atoms with Crippen LogP contribution in [0, 0.1) is 12.7 Å². The molecule has 2 rings (SSSR count). The first-order valence-corrected chi connectivity index (χ1v) is 6.86. The van der Waals surface area contributed by atoms with Crippen molar-refractivity contribution in [2.75, 3.05) is 5.32 Å². The van der Waals surface area contributed by atoms with E-state index in [2.05, 4.69) is 21.2 Å². The van der Waals surface area contributed by atoms with Crippen LogP contribution < -0.4 is 11.1 Å². The van der Waals surface area contributed by atoms with E-state index in [9.17, 15) is 9.18 Å². The maximum atomic E-state index is 13.3. The molecule has 0 saturated carbocycles. The smallest absolute Gasteiger partial charge is 0.255 e. The third kappa shape index (κ3) is 3.23. The molecular formula is C15H14BrFN2O. The van der Waals surface area contributed by atoms with Crippen molar-refractivity contribution < 1.29 is 9.18 Å². The number of nitrogens with one attached hydrogen (secondary N) is 1. The number of rotatable bonds is 3. The Morgan fingerprint density at radius 1 is 1.30 bits per heavy atom. The summed E-state index contributed by atoms with van der Waals surface area (Å²) in [5.41, 5.74) is 8.24. The Bertz CT molecular complexity index is 641. The molecule has 0 saturated heterocycles. The summed E-state index contributed by atoms with van der Waals surface area (Å²) < 4.78 is 13.6. The second-order valence-electron chi connectivity index (χ2n) is 4.44. The van der Waals surface area contributed by atoms with Crippen LogP contribution in [0.2, 0.25) is 0 Å². The molecule has 0 aliphatic heterocycles. The third-order valence-electron chi connectivity index (χ3n) is 2.97. The summed E-state index contributed by atoms with van der Waals surface area (Å²) in [5, 5.41) is 2.77. The second kappa shape index (κ2) is 6.15. The van der Waals surface area contributed by atoms with Crippen molar-refractivity contribution >= 4 is 27.5 Å². The molecule has 0 unspecified atom stereocenters. The summed E-state index contributed by atoms with van der Waals surface area (Å²) in [7, 11) is 0. The predicted molar refractivity (Wildman–Crippen MR) is 81.1 cm³/mol. The molecule has 104 valence electrons. The third-order valence-corrected chi connectivity index (χ3v) is 3.58. The largest absolute Gasteiger partial charge is 0.326 e. The maximum absolute atomic E-state index is 13.3. The van der Waals surface area contributed by atoms with Crippen molar-refractivity contribution in [2.45, 2.75) is 13.5 Å². The zero-order valence-corrected chi connectivity index (χ0v) is 12.5. The fourth-order valence-corrected chi connectivity index (χ4v) is 2.11. The number of carbonyl (C=O) groups excluding carboxylic acids is 1. The average Bonchev–Trinajstić information content (AvgIpc) is 2.44. The molecule has 3 N–H and O–H groups in total. The Balaban J connectivity index is 2.20. The molecule has 0 aliphatic carbocycles. The molecule has 1 amide bonds. The van der Waals surface area contributed by atoms with Gasteiger partial charge in [0.15, 0.2) is 0 Å². The number of anilines is 1. The van der Waals surface area contributed by atoms with Gasteiger partial charge in [0.25, 0.3) is 5.91 Å². The summed E-state index contributed by atoms with van der Waals surface area (Å²) in [6, 6.07) is 9.97. The minimum absolute atomic E-state index is 0.241. The van der Waals surface area contributed by atoms with E-state index in [-0.39, 0.29) is 11.7 Å². The number of hydrogen-bond acceptors (Lipinski definition) is 2. The molecule has 5 heteroatoms. The van der Waals surface area contributed by atoms with Gasteiger partial charge in [0.2, 0.25) is 0 Å². The van der Waals surface area contributed by atoms with Gasteiger partial charge in [-0.1, -0.05) is 12.1 Å². The summed E-state index contributed by atoms with van der Waals surface area (Å²) in [6.07, 6.45) is 0. The van der Waals surface area contributed by atoms with Crippen molar-refractivity contribution in [3.8, 4) is 0 Å². The van der Waals surface area contributed by atoms with E-state index < -0.39 is 0 Å². The topological polar surface area (TPSA) is 55.1 Å². The van der Waals surface area contributed by atoms with Crippen LogP contribution in [-0.2, 0) is 6.54 Å². The highest BCUT2D eigenvalue weighted by atomic mass is 79.9. The Kier molecular flexibility index (Phi) is 4.52. The number of aryl methyl sites for hydroxylation is 1. The van der Waals surface area contributed by atoms with Crippen LogP contribution in [0.5, 0.6) is 0 Å². The lowest BCUT2D eigenvalue weighted by atomic mass is 10.1. The van der Waals surface area contributed by atoms with E-state index in [4.69, 9.17) is 5.73 Å². The molecule has 0 aromatic heterocycles. The highest BCUT2D eigenvalue weighted by molar-refractivity contribution is 9.10. The highest BCUT2D eigenvalue weighted by Crippen LogP contribution is 2.24. The van der Waals surface area contributed by atoms with Crippen molar-refractivity contribution in [3.63, 3.8) is 0 Å². The van der Waals surface area contributed by atoms with E-state index >= 15 is 0 Å². The van der Waals surface area contributed by atoms with E-state index in [1.807, 2.05) is 12.1 Å². The van der Waals surface area contributed by atoms with Gasteiger partial charge in [-0.15, -0.1) is 0 Å². The number of hydrogen-bond donors (Lipinski definition) is 2. The lowest BCUT2D eigenvalue weighted by molar-refractivity contribution is 0.102. The molecule has 2 aromatic rings. The Labute approximate surface area is 125 Å². The Hall–Kier alpha value is -1.72. The van der Waals surface area contributed by atoms with Gasteiger partial charge in [-0.25, -0.2) is 4.39 Å². The van der Waals surface area contributed by atoms with E-state index in [1.54, 1.807) is 25.1 Å². The standard InChI is InChI=1S/C15H14BrFN2O/c1-9-6-13(17)12(16)7-14(9)19-15(20)11-4-2-10(8-18)3-5-11/h2-7H,8,18H2,1H3,(H,19,20). The summed E-state index contributed by atoms with van der Waals surface area (Å²) in [5.74, 6) is -0.594. The van der Waals surface area contributed by atoms with Gasteiger partial charge in [-0.3, -0.25) is 4.79 Å². The number of halogens is 2. The lowest BCUT2D eigenvalue weighted by Crippen LogP contribution is -2.13. The fourth-order valence-electron chi connectivity index (χ4n) is 1.77. The normalized spacial score (nSPS) is 10.4. The Morgan fingerprint density at radius 3 is 2.55 bits per heavy atom. The molecule has 2 aromatic carbocycles. The number of amides is 1. The zero-order chi connectivity index (χ0) is 14.7. The number of nitrogens with two attached hydrogens (primary N) is 1. The molecule has 20 heavy (non-hydrogen) atoms. The van der Waals surface area contributed by atoms with Crippen molar-refractivity contribution in [3.05, 3.63) is 63.4 Å². The first kappa shape index (κ1) is 14.7. The van der Waals surface area contributed by atoms with E-state index in [1.165, 1.54) is 6.07 Å². The minimum atomic E-state index is -0.354. The van der Waals surface area contributed by atoms with Crippen LogP contribution in [0.3, 0.4) is 0 Å². The van der Waals surface area contributed by atoms with Crippen molar-refractivity contribution in [1.29, 1.82) is 0 Å². The molecule has 0 radical (unpaired) electrons. The molecule has 3 nitrogen and oxygen atoms in total. The van der Waals surface area contributed by atoms with Crippen LogP contribution in [0.4, 0.5) is 10.1 Å². The maximum Gasteiger partial charge on any atom is 0.255 e. The van der Waals surface area contributed by atoms with Gasteiger partial charge in [0, 0.05) is 17.8 Å². The highest BCUT2D eigenvalue weighted by Gasteiger charge is 2.10. The van der Waals surface area contributed by atoms with Gasteiger partial charge in [-0.05, 0) is 58.2 Å². The van der Waals surface area contributed by atoms with Crippen LogP contribution in [0.1, 0.15) is 21.5 Å². The van der Waals surface area contributed by atoms with Gasteiger partial charge in [0.05, 0.1) is 4.47 Å². The SMILES string of the molecule is Cc1cc(F)c(Br)cc1NC(=O)c1ccc(CN)cc1. The van der Waals surface area contributed by atoms with Crippen molar-refractivity contribution in [2.24, 2.45) is 5.73 Å². The molecule has 0 fully saturated rings. The van der Waals surface area contributed by atoms with Crippen LogP contribution in [-0.4, -0.2) is 5.91 Å². The predicted octanol–water partition coefficient (Wildman–Crippen LogP) is 3.61. The molecular weight excluding hydrogens is 323 g/mol.